The summed E-state index contributed by atoms with van der Waals surface area (Å²) in [5.74, 6) is 2.08. The van der Waals surface area contributed by atoms with Crippen molar-refractivity contribution in [3.05, 3.63) is 29.3 Å². The number of ether oxygens (including phenoxy) is 1. The van der Waals surface area contributed by atoms with Crippen molar-refractivity contribution in [1.29, 1.82) is 0 Å². The van der Waals surface area contributed by atoms with Crippen LogP contribution in [-0.2, 0) is 5.75 Å². The molecule has 1 heterocycles. The molecule has 0 bridgehead atoms. The van der Waals surface area contributed by atoms with Crippen molar-refractivity contribution in [3.8, 4) is 5.75 Å². The van der Waals surface area contributed by atoms with E-state index in [1.165, 1.54) is 17.5 Å². The Morgan fingerprint density at radius 1 is 1.50 bits per heavy atom. The predicted octanol–water partition coefficient (Wildman–Crippen LogP) is 2.98. The lowest BCUT2D eigenvalue weighted by Crippen LogP contribution is -2.30. The number of rotatable bonds is 3. The Bertz CT molecular complexity index is 367. The third-order valence-electron chi connectivity index (χ3n) is 3.23. The Labute approximate surface area is 102 Å². The van der Waals surface area contributed by atoms with E-state index in [1.54, 1.807) is 7.11 Å². The standard InChI is InChI=1S/C13H19NOS/c1-4-12-13(14-2)11-7-10(15-3)6-5-9(11)8-16-12/h5-7,12-14H,4,8H2,1-3H3. The molecule has 0 aliphatic carbocycles. The van der Waals surface area contributed by atoms with Crippen LogP contribution in [0.2, 0.25) is 0 Å². The molecule has 16 heavy (non-hydrogen) atoms. The average Bonchev–Trinajstić information content (AvgIpc) is 2.36. The van der Waals surface area contributed by atoms with Crippen molar-refractivity contribution >= 4 is 11.8 Å². The highest BCUT2D eigenvalue weighted by Gasteiger charge is 2.27. The summed E-state index contributed by atoms with van der Waals surface area (Å²) in [7, 11) is 3.77. The molecule has 2 atom stereocenters. The lowest BCUT2D eigenvalue weighted by Gasteiger charge is -2.32. The van der Waals surface area contributed by atoms with Gasteiger partial charge in [0.25, 0.3) is 0 Å². The van der Waals surface area contributed by atoms with E-state index in [2.05, 4.69) is 30.4 Å². The van der Waals surface area contributed by atoms with Crippen LogP contribution >= 0.6 is 11.8 Å². The monoisotopic (exact) mass is 237 g/mol. The molecule has 0 spiro atoms. The number of hydrogen-bond acceptors (Lipinski definition) is 3. The Balaban J connectivity index is 2.37. The first-order valence-electron chi connectivity index (χ1n) is 5.75. The van der Waals surface area contributed by atoms with Gasteiger partial charge in [-0.05, 0) is 36.7 Å². The van der Waals surface area contributed by atoms with Gasteiger partial charge in [0.1, 0.15) is 5.75 Å². The highest BCUT2D eigenvalue weighted by molar-refractivity contribution is 7.99. The Morgan fingerprint density at radius 3 is 2.94 bits per heavy atom. The van der Waals surface area contributed by atoms with Crippen LogP contribution in [0, 0.1) is 0 Å². The normalized spacial score (nSPS) is 23.9. The molecule has 88 valence electrons. The van der Waals surface area contributed by atoms with E-state index in [0.29, 0.717) is 11.3 Å². The van der Waals surface area contributed by atoms with Gasteiger partial charge >= 0.3 is 0 Å². The molecule has 2 unspecified atom stereocenters. The lowest BCUT2D eigenvalue weighted by atomic mass is 9.96. The van der Waals surface area contributed by atoms with Gasteiger partial charge in [0.2, 0.25) is 0 Å². The second-order valence-electron chi connectivity index (χ2n) is 4.09. The molecule has 2 nitrogen and oxygen atoms in total. The molecular weight excluding hydrogens is 218 g/mol. The summed E-state index contributed by atoms with van der Waals surface area (Å²) in [5, 5.41) is 4.11. The van der Waals surface area contributed by atoms with Crippen LogP contribution in [0.3, 0.4) is 0 Å². The van der Waals surface area contributed by atoms with Gasteiger partial charge in [0, 0.05) is 17.0 Å². The van der Waals surface area contributed by atoms with Gasteiger partial charge in [-0.3, -0.25) is 0 Å². The van der Waals surface area contributed by atoms with E-state index < -0.39 is 0 Å². The lowest BCUT2D eigenvalue weighted by molar-refractivity contribution is 0.412. The molecule has 1 aliphatic heterocycles. The Morgan fingerprint density at radius 2 is 2.31 bits per heavy atom. The summed E-state index contributed by atoms with van der Waals surface area (Å²) in [6.07, 6.45) is 1.20. The fourth-order valence-corrected chi connectivity index (χ4v) is 3.68. The summed E-state index contributed by atoms with van der Waals surface area (Å²) in [6, 6.07) is 6.88. The van der Waals surface area contributed by atoms with Crippen LogP contribution in [0.1, 0.15) is 30.5 Å². The van der Waals surface area contributed by atoms with Gasteiger partial charge in [-0.2, -0.15) is 11.8 Å². The van der Waals surface area contributed by atoms with Gasteiger partial charge in [0.15, 0.2) is 0 Å². The molecule has 2 rings (SSSR count). The second-order valence-corrected chi connectivity index (χ2v) is 5.32. The van der Waals surface area contributed by atoms with Crippen LogP contribution in [0.15, 0.2) is 18.2 Å². The summed E-state index contributed by atoms with van der Waals surface area (Å²) < 4.78 is 5.31. The highest BCUT2D eigenvalue weighted by atomic mass is 32.2. The third-order valence-corrected chi connectivity index (χ3v) is 4.74. The zero-order valence-corrected chi connectivity index (χ0v) is 10.9. The highest BCUT2D eigenvalue weighted by Crippen LogP contribution is 2.40. The smallest absolute Gasteiger partial charge is 0.119 e. The minimum atomic E-state index is 0.453. The van der Waals surface area contributed by atoms with Crippen LogP contribution in [0.5, 0.6) is 5.75 Å². The summed E-state index contributed by atoms with van der Waals surface area (Å²) in [5.41, 5.74) is 2.85. The van der Waals surface area contributed by atoms with E-state index in [1.807, 2.05) is 18.8 Å². The van der Waals surface area contributed by atoms with E-state index in [9.17, 15) is 0 Å². The summed E-state index contributed by atoms with van der Waals surface area (Å²) in [6.45, 7) is 2.26. The third kappa shape index (κ3) is 2.06. The van der Waals surface area contributed by atoms with E-state index in [4.69, 9.17) is 4.74 Å². The fraction of sp³-hybridized carbons (Fsp3) is 0.538. The topological polar surface area (TPSA) is 21.3 Å². The van der Waals surface area contributed by atoms with Crippen molar-refractivity contribution < 1.29 is 4.74 Å². The molecule has 0 radical (unpaired) electrons. The van der Waals surface area contributed by atoms with Crippen molar-refractivity contribution in [2.75, 3.05) is 14.2 Å². The van der Waals surface area contributed by atoms with Crippen molar-refractivity contribution in [3.63, 3.8) is 0 Å². The molecule has 0 fully saturated rings. The van der Waals surface area contributed by atoms with E-state index >= 15 is 0 Å². The first-order chi connectivity index (χ1) is 7.80. The van der Waals surface area contributed by atoms with Crippen LogP contribution in [0.25, 0.3) is 0 Å². The number of fused-ring (bicyclic) bond motifs is 1. The largest absolute Gasteiger partial charge is 0.497 e. The second kappa shape index (κ2) is 5.11. The molecule has 1 N–H and O–H groups in total. The minimum Gasteiger partial charge on any atom is -0.497 e. The molecule has 1 aromatic carbocycles. The Kier molecular flexibility index (Phi) is 3.77. The average molecular weight is 237 g/mol. The number of thioether (sulfide) groups is 1. The van der Waals surface area contributed by atoms with Gasteiger partial charge in [-0.15, -0.1) is 0 Å². The quantitative estimate of drug-likeness (QED) is 0.873. The minimum absolute atomic E-state index is 0.453. The van der Waals surface area contributed by atoms with Crippen molar-refractivity contribution in [2.24, 2.45) is 0 Å². The molecular formula is C13H19NOS. The summed E-state index contributed by atoms with van der Waals surface area (Å²) in [4.78, 5) is 0. The first-order valence-corrected chi connectivity index (χ1v) is 6.80. The van der Waals surface area contributed by atoms with Gasteiger partial charge in [-0.25, -0.2) is 0 Å². The van der Waals surface area contributed by atoms with Crippen molar-refractivity contribution in [1.82, 2.24) is 5.32 Å². The van der Waals surface area contributed by atoms with Crippen LogP contribution in [-0.4, -0.2) is 19.4 Å². The molecule has 0 saturated heterocycles. The zero-order valence-electron chi connectivity index (χ0n) is 10.1. The van der Waals surface area contributed by atoms with E-state index in [-0.39, 0.29) is 0 Å². The van der Waals surface area contributed by atoms with Crippen LogP contribution in [0.4, 0.5) is 0 Å². The van der Waals surface area contributed by atoms with Gasteiger partial charge in [0.05, 0.1) is 7.11 Å². The summed E-state index contributed by atoms with van der Waals surface area (Å²) >= 11 is 2.05. The number of hydrogen-bond donors (Lipinski definition) is 1. The molecule has 1 aromatic rings. The number of benzene rings is 1. The zero-order chi connectivity index (χ0) is 11.5. The van der Waals surface area contributed by atoms with Gasteiger partial charge < -0.3 is 10.1 Å². The first kappa shape index (κ1) is 11.8. The number of nitrogens with one attached hydrogen (secondary N) is 1. The molecule has 1 aliphatic rings. The fourth-order valence-electron chi connectivity index (χ4n) is 2.31. The maximum atomic E-state index is 5.31. The van der Waals surface area contributed by atoms with Gasteiger partial charge in [-0.1, -0.05) is 13.0 Å². The molecule has 0 amide bonds. The maximum absolute atomic E-state index is 5.31. The van der Waals surface area contributed by atoms with Crippen molar-refractivity contribution in [2.45, 2.75) is 30.4 Å². The maximum Gasteiger partial charge on any atom is 0.119 e. The predicted molar refractivity (Wildman–Crippen MR) is 70.2 cm³/mol. The van der Waals surface area contributed by atoms with Crippen LogP contribution < -0.4 is 10.1 Å². The molecule has 3 heteroatoms. The van der Waals surface area contributed by atoms with E-state index in [0.717, 1.165) is 11.5 Å². The Hall–Kier alpha value is -0.670. The number of methoxy groups -OCH3 is 1. The molecule has 0 aromatic heterocycles. The SMILES string of the molecule is CCC1SCc2ccc(OC)cc2C1NC. The molecule has 0 saturated carbocycles.